The van der Waals surface area contributed by atoms with Gasteiger partial charge in [-0.1, -0.05) is 103 Å². The van der Waals surface area contributed by atoms with Crippen LogP contribution < -0.4 is 43.0 Å². The molecule has 8 unspecified atom stereocenters. The van der Waals surface area contributed by atoms with E-state index in [4.69, 9.17) is 15.2 Å². The molecule has 2 rings (SSSR count). The summed E-state index contributed by atoms with van der Waals surface area (Å²) in [4.78, 5) is 116. The van der Waals surface area contributed by atoms with Gasteiger partial charge in [-0.25, -0.2) is 0 Å². The van der Waals surface area contributed by atoms with E-state index in [1.54, 1.807) is 43.1 Å². The molecule has 9 N–H and O–H groups in total. The number of ether oxygens (including phenoxy) is 2. The van der Waals surface area contributed by atoms with Crippen LogP contribution in [0.2, 0.25) is 0 Å². The van der Waals surface area contributed by atoms with Gasteiger partial charge in [0.05, 0.1) is 68.1 Å². The molecule has 23 nitrogen and oxygen atoms in total. The van der Waals surface area contributed by atoms with Gasteiger partial charge in [-0.05, 0) is 69.8 Å². The predicted octanol–water partition coefficient (Wildman–Crippen LogP) is 1.47. The second-order valence-corrected chi connectivity index (χ2v) is 19.9. The van der Waals surface area contributed by atoms with Crippen molar-refractivity contribution in [3.63, 3.8) is 0 Å². The molecule has 8 atom stereocenters. The minimum atomic E-state index is -0.657. The minimum Gasteiger partial charge on any atom is -0.637 e. The van der Waals surface area contributed by atoms with Crippen molar-refractivity contribution >= 4 is 75.3 Å². The Kier molecular flexibility index (Phi) is 41.0. The normalized spacial score (nSPS) is 15.4. The summed E-state index contributed by atoms with van der Waals surface area (Å²) in [5, 5.41) is 21.5. The molecule has 25 heteroatoms. The van der Waals surface area contributed by atoms with E-state index in [9.17, 15) is 43.2 Å². The first-order valence-electron chi connectivity index (χ1n) is 26.1. The number of nitrogens with one attached hydrogen (secondary N) is 7. The first-order valence-corrected chi connectivity index (χ1v) is 27.2. The molecule has 1 aromatic carbocycles. The molecule has 0 aromatic heterocycles. The van der Waals surface area contributed by atoms with Crippen molar-refractivity contribution in [2.24, 2.45) is 23.5 Å². The Morgan fingerprint density at radius 2 is 1.40 bits per heavy atom. The summed E-state index contributed by atoms with van der Waals surface area (Å²) in [5.41, 5.74) is 7.38. The van der Waals surface area contributed by atoms with E-state index in [0.717, 1.165) is 24.3 Å². The third-order valence-corrected chi connectivity index (χ3v) is 13.4. The average Bonchev–Trinajstić information content (AvgIpc) is 3.89. The summed E-state index contributed by atoms with van der Waals surface area (Å²) in [6.45, 7) is 15.7. The third kappa shape index (κ3) is 29.8. The Bertz CT molecular complexity index is 1920. The zero-order chi connectivity index (χ0) is 57.9. The van der Waals surface area contributed by atoms with Gasteiger partial charge in [-0.2, -0.15) is 0 Å². The van der Waals surface area contributed by atoms with Gasteiger partial charge in [0.1, 0.15) is 0 Å². The van der Waals surface area contributed by atoms with E-state index in [1.165, 1.54) is 25.5 Å². The monoisotopic (exact) mass is 1320 g/mol. The number of carbonyl (C=O) groups excluding carboxylic acids is 9. The molecule has 440 valence electrons. The SMILES string of the molecule is CC(C)C(C)N(C)C.CCC.CCC(C)C(C(CC(=O)N1CCCC1C(OC)C(C)C(=O)NC(CN)Cc1ccc(NC(=O)CNC(=O)CNC(=O)C[N-]CNC(=O)CNC(=O)CBr)cc1)OC)N(C)C(=O)CNC=O.[W]. The maximum atomic E-state index is 13.9. The van der Waals surface area contributed by atoms with E-state index in [2.05, 4.69) is 112 Å². The number of likely N-dealkylation sites (N-methyl/N-ethyl adjacent to an activating group) is 1. The molecule has 0 radical (unpaired) electrons. The molecule has 1 aromatic rings. The smallest absolute Gasteiger partial charge is 0.243 e. The van der Waals surface area contributed by atoms with Gasteiger partial charge in [-0.3, -0.25) is 43.2 Å². The molecule has 77 heavy (non-hydrogen) atoms. The van der Waals surface area contributed by atoms with Crippen molar-refractivity contribution in [1.29, 1.82) is 0 Å². The fourth-order valence-electron chi connectivity index (χ4n) is 7.98. The molecular weight excluding hydrogens is 1230 g/mol. The average molecular weight is 1330 g/mol. The summed E-state index contributed by atoms with van der Waals surface area (Å²) in [5.74, 6) is -3.22. The summed E-state index contributed by atoms with van der Waals surface area (Å²) >= 11 is 2.96. The summed E-state index contributed by atoms with van der Waals surface area (Å²) in [7, 11) is 8.90. The van der Waals surface area contributed by atoms with Gasteiger partial charge in [0.2, 0.25) is 47.8 Å². The van der Waals surface area contributed by atoms with Crippen LogP contribution in [0.4, 0.5) is 5.69 Å². The van der Waals surface area contributed by atoms with E-state index in [0.29, 0.717) is 37.5 Å². The van der Waals surface area contributed by atoms with Crippen LogP contribution in [-0.4, -0.2) is 198 Å². The Morgan fingerprint density at radius 1 is 0.831 bits per heavy atom. The second-order valence-electron chi connectivity index (χ2n) is 19.3. The molecule has 1 fully saturated rings. The maximum absolute atomic E-state index is 13.9. The number of likely N-dealkylation sites (tertiary alicyclic amines) is 1. The first-order chi connectivity index (χ1) is 36.0. The van der Waals surface area contributed by atoms with Crippen LogP contribution >= 0.6 is 15.9 Å². The van der Waals surface area contributed by atoms with Crippen molar-refractivity contribution in [1.82, 2.24) is 46.6 Å². The number of methoxy groups -OCH3 is 2. The standard InChI is InChI=1S/C42H67BrN11O11.C7H17N.C3H8.W/c1-7-26(2)40(53(4)39(62)23-46-25-55)32(64-5)16-38(61)54-14-8-9-31(54)41(65-6)27(3)42(63)52-30(18-44)15-28-10-12-29(13-11-28)51-37(60)22-49-35(58)20-48-34(57)19-45-24-50-36(59)21-47-33(56)17-43;1-6(2)7(3)8(4)5;1-3-2;/h10-13,25-27,30-32,40-41H,7-9,14-24,44H2,1-6H3,(H,46,55)(H,47,56)(H,48,57)(H,49,58)(H,50,59)(H,51,60)(H,52,63);6-7H,1-5H3;3H2,1-2H3;/q-1;;;. The number of carbonyl (C=O) groups is 9. The molecule has 1 aliphatic rings. The fraction of sp³-hybridized carbons (Fsp3) is 0.712. The number of alkyl halides is 1. The summed E-state index contributed by atoms with van der Waals surface area (Å²) < 4.78 is 11.7. The number of nitrogens with zero attached hydrogens (tertiary/aromatic N) is 4. The molecule has 1 aliphatic heterocycles. The molecule has 0 spiro atoms. The van der Waals surface area contributed by atoms with Gasteiger partial charge >= 0.3 is 0 Å². The van der Waals surface area contributed by atoms with Crippen LogP contribution in [0.3, 0.4) is 0 Å². The number of amides is 9. The third-order valence-electron chi connectivity index (χ3n) is 12.9. The van der Waals surface area contributed by atoms with Gasteiger partial charge in [0, 0.05) is 73.2 Å². The zero-order valence-corrected chi connectivity index (χ0v) is 52.4. The summed E-state index contributed by atoms with van der Waals surface area (Å²) in [6, 6.07) is 6.33. The molecular formula is C52H92BrN12O11W-. The molecule has 0 saturated carbocycles. The zero-order valence-electron chi connectivity index (χ0n) is 47.8. The van der Waals surface area contributed by atoms with Gasteiger partial charge < -0.3 is 72.4 Å². The predicted molar refractivity (Wildman–Crippen MR) is 298 cm³/mol. The van der Waals surface area contributed by atoms with Crippen molar-refractivity contribution in [2.45, 2.75) is 130 Å². The van der Waals surface area contributed by atoms with Crippen molar-refractivity contribution < 1.29 is 73.7 Å². The second kappa shape index (κ2) is 42.4. The summed E-state index contributed by atoms with van der Waals surface area (Å²) in [6.07, 6.45) is 2.91. The van der Waals surface area contributed by atoms with Crippen molar-refractivity contribution in [2.75, 3.05) is 98.5 Å². The van der Waals surface area contributed by atoms with E-state index in [1.807, 2.05) is 13.8 Å². The first kappa shape index (κ1) is 74.5. The van der Waals surface area contributed by atoms with Crippen LogP contribution in [0.25, 0.3) is 5.32 Å². The van der Waals surface area contributed by atoms with Crippen LogP contribution in [-0.2, 0) is 80.1 Å². The number of hydrogen-bond donors (Lipinski definition) is 8. The van der Waals surface area contributed by atoms with Crippen LogP contribution in [0.15, 0.2) is 24.3 Å². The van der Waals surface area contributed by atoms with Gasteiger partial charge in [0.15, 0.2) is 5.91 Å². The molecule has 1 saturated heterocycles. The largest absolute Gasteiger partial charge is 0.637 e. The van der Waals surface area contributed by atoms with Crippen molar-refractivity contribution in [3.8, 4) is 0 Å². The van der Waals surface area contributed by atoms with Crippen molar-refractivity contribution in [3.05, 3.63) is 35.1 Å². The van der Waals surface area contributed by atoms with Crippen LogP contribution in [0.5, 0.6) is 0 Å². The number of benzene rings is 1. The van der Waals surface area contributed by atoms with Crippen LogP contribution in [0.1, 0.15) is 93.1 Å². The Labute approximate surface area is 480 Å². The number of rotatable bonds is 32. The Hall–Kier alpha value is -4.58. The maximum Gasteiger partial charge on any atom is 0.243 e. The molecule has 0 bridgehead atoms. The number of halogens is 1. The molecule has 1 heterocycles. The molecule has 9 amide bonds. The van der Waals surface area contributed by atoms with Gasteiger partial charge in [-0.15, -0.1) is 0 Å². The van der Waals surface area contributed by atoms with E-state index < -0.39 is 60.4 Å². The topological polar surface area (TPSA) is 306 Å². The van der Waals surface area contributed by atoms with E-state index >= 15 is 0 Å². The number of anilines is 1. The molecule has 0 aliphatic carbocycles. The Balaban J connectivity index is 0. The Morgan fingerprint density at radius 3 is 1.91 bits per heavy atom. The van der Waals surface area contributed by atoms with E-state index in [-0.39, 0.29) is 108 Å². The number of hydrogen-bond acceptors (Lipinski definition) is 13. The number of nitrogens with two attached hydrogens (primary N) is 1. The quantitative estimate of drug-likeness (QED) is 0.0289. The van der Waals surface area contributed by atoms with Crippen LogP contribution in [0, 0.1) is 17.8 Å². The van der Waals surface area contributed by atoms with Gasteiger partial charge in [0.25, 0.3) is 0 Å². The fourth-order valence-corrected chi connectivity index (χ4v) is 8.18. The minimum absolute atomic E-state index is 0.